The Labute approximate surface area is 136 Å². The van der Waals surface area contributed by atoms with Gasteiger partial charge in [-0.25, -0.2) is 0 Å². The standard InChI is InChI=1S/C18H35N3O/c1-3-11-21(12-4-2)13-7-10-19-18(22)17-14-15-8-5-6-9-16(15)20-17/h15-17,20H,3-14H2,1-2H3,(H,19,22). The van der Waals surface area contributed by atoms with Gasteiger partial charge in [-0.3, -0.25) is 4.79 Å². The van der Waals surface area contributed by atoms with Gasteiger partial charge in [-0.15, -0.1) is 0 Å². The highest BCUT2D eigenvalue weighted by atomic mass is 16.2. The van der Waals surface area contributed by atoms with E-state index in [1.807, 2.05) is 0 Å². The average molecular weight is 309 g/mol. The topological polar surface area (TPSA) is 44.4 Å². The third-order valence-corrected chi connectivity index (χ3v) is 5.21. The highest BCUT2D eigenvalue weighted by Gasteiger charge is 2.37. The molecule has 2 rings (SSSR count). The van der Waals surface area contributed by atoms with Gasteiger partial charge in [0.2, 0.25) is 5.91 Å². The molecule has 1 saturated carbocycles. The van der Waals surface area contributed by atoms with E-state index in [1.54, 1.807) is 0 Å². The molecule has 2 fully saturated rings. The SMILES string of the molecule is CCCN(CCC)CCCNC(=O)C1CC2CCCCC2N1. The average Bonchev–Trinajstić information content (AvgIpc) is 2.95. The van der Waals surface area contributed by atoms with E-state index in [9.17, 15) is 4.79 Å². The van der Waals surface area contributed by atoms with Crippen molar-refractivity contribution in [1.29, 1.82) is 0 Å². The summed E-state index contributed by atoms with van der Waals surface area (Å²) in [6, 6.07) is 0.671. The molecule has 1 heterocycles. The quantitative estimate of drug-likeness (QED) is 0.643. The first-order valence-electron chi connectivity index (χ1n) is 9.50. The van der Waals surface area contributed by atoms with Gasteiger partial charge in [0, 0.05) is 12.6 Å². The molecule has 0 spiro atoms. The Bertz CT molecular complexity index is 314. The van der Waals surface area contributed by atoms with E-state index < -0.39 is 0 Å². The van der Waals surface area contributed by atoms with Crippen LogP contribution in [0.5, 0.6) is 0 Å². The lowest BCUT2D eigenvalue weighted by molar-refractivity contribution is -0.122. The zero-order valence-electron chi connectivity index (χ0n) is 14.6. The zero-order valence-corrected chi connectivity index (χ0v) is 14.6. The number of rotatable bonds is 9. The van der Waals surface area contributed by atoms with Crippen molar-refractivity contribution < 1.29 is 4.79 Å². The summed E-state index contributed by atoms with van der Waals surface area (Å²) in [4.78, 5) is 14.8. The number of carbonyl (C=O) groups excluding carboxylic acids is 1. The molecule has 0 bridgehead atoms. The summed E-state index contributed by atoms with van der Waals surface area (Å²) in [5.41, 5.74) is 0. The van der Waals surface area contributed by atoms with Crippen LogP contribution in [0.2, 0.25) is 0 Å². The van der Waals surface area contributed by atoms with Gasteiger partial charge in [0.25, 0.3) is 0 Å². The molecule has 3 unspecified atom stereocenters. The maximum Gasteiger partial charge on any atom is 0.237 e. The minimum atomic E-state index is 0.0653. The van der Waals surface area contributed by atoms with Crippen LogP contribution in [0.15, 0.2) is 0 Å². The van der Waals surface area contributed by atoms with Crippen molar-refractivity contribution in [3.8, 4) is 0 Å². The van der Waals surface area contributed by atoms with E-state index in [4.69, 9.17) is 0 Å². The highest BCUT2D eigenvalue weighted by Crippen LogP contribution is 2.33. The maximum absolute atomic E-state index is 12.3. The molecule has 4 heteroatoms. The van der Waals surface area contributed by atoms with Gasteiger partial charge >= 0.3 is 0 Å². The van der Waals surface area contributed by atoms with Crippen LogP contribution in [-0.4, -0.2) is 49.1 Å². The molecule has 1 aliphatic carbocycles. The monoisotopic (exact) mass is 309 g/mol. The minimum Gasteiger partial charge on any atom is -0.355 e. The Balaban J connectivity index is 1.61. The molecule has 1 amide bonds. The van der Waals surface area contributed by atoms with Crippen LogP contribution in [0.25, 0.3) is 0 Å². The van der Waals surface area contributed by atoms with Gasteiger partial charge in [0.05, 0.1) is 6.04 Å². The van der Waals surface area contributed by atoms with Crippen LogP contribution in [0.3, 0.4) is 0 Å². The second-order valence-corrected chi connectivity index (χ2v) is 7.09. The van der Waals surface area contributed by atoms with Crippen LogP contribution in [0, 0.1) is 5.92 Å². The van der Waals surface area contributed by atoms with Gasteiger partial charge in [0.1, 0.15) is 0 Å². The molecule has 4 nitrogen and oxygen atoms in total. The lowest BCUT2D eigenvalue weighted by atomic mass is 9.85. The Morgan fingerprint density at radius 1 is 1.14 bits per heavy atom. The lowest BCUT2D eigenvalue weighted by Crippen LogP contribution is -2.43. The Hall–Kier alpha value is -0.610. The second kappa shape index (κ2) is 9.51. The predicted molar refractivity (Wildman–Crippen MR) is 91.9 cm³/mol. The van der Waals surface area contributed by atoms with Crippen LogP contribution in [0.4, 0.5) is 0 Å². The van der Waals surface area contributed by atoms with E-state index in [0.717, 1.165) is 31.8 Å². The molecular weight excluding hydrogens is 274 g/mol. The smallest absolute Gasteiger partial charge is 0.237 e. The first-order valence-corrected chi connectivity index (χ1v) is 9.50. The fraction of sp³-hybridized carbons (Fsp3) is 0.944. The lowest BCUT2D eigenvalue weighted by Gasteiger charge is -2.24. The molecule has 1 aliphatic heterocycles. The van der Waals surface area contributed by atoms with Gasteiger partial charge in [-0.1, -0.05) is 26.7 Å². The number of hydrogen-bond acceptors (Lipinski definition) is 3. The van der Waals surface area contributed by atoms with Crippen LogP contribution >= 0.6 is 0 Å². The van der Waals surface area contributed by atoms with Crippen molar-refractivity contribution in [3.05, 3.63) is 0 Å². The molecule has 22 heavy (non-hydrogen) atoms. The third kappa shape index (κ3) is 5.24. The summed E-state index contributed by atoms with van der Waals surface area (Å²) in [7, 11) is 0. The number of nitrogens with one attached hydrogen (secondary N) is 2. The Morgan fingerprint density at radius 3 is 2.55 bits per heavy atom. The number of amides is 1. The molecule has 1 saturated heterocycles. The summed E-state index contributed by atoms with van der Waals surface area (Å²) in [6.07, 6.45) is 9.78. The summed E-state index contributed by atoms with van der Waals surface area (Å²) in [5.74, 6) is 0.973. The van der Waals surface area contributed by atoms with Crippen LogP contribution < -0.4 is 10.6 Å². The van der Waals surface area contributed by atoms with E-state index in [0.29, 0.717) is 6.04 Å². The van der Waals surface area contributed by atoms with Crippen molar-refractivity contribution in [2.24, 2.45) is 5.92 Å². The summed E-state index contributed by atoms with van der Waals surface area (Å²) in [6.45, 7) is 8.73. The highest BCUT2D eigenvalue weighted by molar-refractivity contribution is 5.82. The third-order valence-electron chi connectivity index (χ3n) is 5.21. The molecule has 3 atom stereocenters. The molecule has 0 radical (unpaired) electrons. The normalized spacial score (nSPS) is 27.9. The van der Waals surface area contributed by atoms with Crippen LogP contribution in [0.1, 0.15) is 65.2 Å². The molecule has 2 aliphatic rings. The van der Waals surface area contributed by atoms with Crippen molar-refractivity contribution in [1.82, 2.24) is 15.5 Å². The van der Waals surface area contributed by atoms with Crippen molar-refractivity contribution in [3.63, 3.8) is 0 Å². The van der Waals surface area contributed by atoms with Gasteiger partial charge in [0.15, 0.2) is 0 Å². The van der Waals surface area contributed by atoms with Gasteiger partial charge in [-0.2, -0.15) is 0 Å². The van der Waals surface area contributed by atoms with Crippen molar-refractivity contribution in [2.45, 2.75) is 77.3 Å². The van der Waals surface area contributed by atoms with Crippen LogP contribution in [-0.2, 0) is 4.79 Å². The second-order valence-electron chi connectivity index (χ2n) is 7.09. The first-order chi connectivity index (χ1) is 10.7. The minimum absolute atomic E-state index is 0.0653. The fourth-order valence-corrected chi connectivity index (χ4v) is 4.13. The largest absolute Gasteiger partial charge is 0.355 e. The molecular formula is C18H35N3O. The predicted octanol–water partition coefficient (Wildman–Crippen LogP) is 2.54. The van der Waals surface area contributed by atoms with Crippen molar-refractivity contribution >= 4 is 5.91 Å². The molecule has 0 aromatic heterocycles. The molecule has 128 valence electrons. The zero-order chi connectivity index (χ0) is 15.8. The number of nitrogens with zero attached hydrogens (tertiary/aromatic N) is 1. The number of carbonyl (C=O) groups is 1. The Morgan fingerprint density at radius 2 is 1.86 bits per heavy atom. The van der Waals surface area contributed by atoms with E-state index in [2.05, 4.69) is 29.4 Å². The maximum atomic E-state index is 12.3. The van der Waals surface area contributed by atoms with E-state index in [-0.39, 0.29) is 11.9 Å². The summed E-state index contributed by atoms with van der Waals surface area (Å²) >= 11 is 0. The number of fused-ring (bicyclic) bond motifs is 1. The van der Waals surface area contributed by atoms with E-state index >= 15 is 0 Å². The first kappa shape index (κ1) is 17.7. The van der Waals surface area contributed by atoms with Gasteiger partial charge in [-0.05, 0) is 64.1 Å². The molecule has 0 aromatic rings. The fourth-order valence-electron chi connectivity index (χ4n) is 4.13. The summed E-state index contributed by atoms with van der Waals surface area (Å²) in [5, 5.41) is 6.71. The van der Waals surface area contributed by atoms with Gasteiger partial charge < -0.3 is 15.5 Å². The van der Waals surface area contributed by atoms with E-state index in [1.165, 1.54) is 51.6 Å². The van der Waals surface area contributed by atoms with Crippen molar-refractivity contribution in [2.75, 3.05) is 26.2 Å². The Kier molecular flexibility index (Phi) is 7.67. The molecule has 2 N–H and O–H groups in total. The summed E-state index contributed by atoms with van der Waals surface area (Å²) < 4.78 is 0. The number of hydrogen-bond donors (Lipinski definition) is 2. The molecule has 0 aromatic carbocycles.